The number of fused-ring (bicyclic) bond motifs is 1. The minimum absolute atomic E-state index is 0.138. The summed E-state index contributed by atoms with van der Waals surface area (Å²) in [6.45, 7) is -0.420. The van der Waals surface area contributed by atoms with Crippen LogP contribution in [-0.4, -0.2) is 36.9 Å². The van der Waals surface area contributed by atoms with Gasteiger partial charge in [-0.05, 0) is 86.6 Å². The van der Waals surface area contributed by atoms with E-state index in [0.29, 0.717) is 66.8 Å². The first-order valence-corrected chi connectivity index (χ1v) is 16.4. The van der Waals surface area contributed by atoms with E-state index >= 15 is 0 Å². The van der Waals surface area contributed by atoms with Crippen molar-refractivity contribution in [1.82, 2.24) is 15.1 Å². The van der Waals surface area contributed by atoms with Crippen molar-refractivity contribution in [3.8, 4) is 16.9 Å². The maximum absolute atomic E-state index is 12.3. The normalized spacial score (nSPS) is 28.3. The first-order valence-electron chi connectivity index (χ1n) is 13.7. The minimum Gasteiger partial charge on any atom is -0.377 e. The number of halogens is 3. The number of hydrogen-bond donors (Lipinski definition) is 4. The van der Waals surface area contributed by atoms with Gasteiger partial charge in [-0.2, -0.15) is 5.10 Å². The summed E-state index contributed by atoms with van der Waals surface area (Å²) in [7, 11) is -3.61. The van der Waals surface area contributed by atoms with Crippen LogP contribution >= 0.6 is 45.6 Å². The van der Waals surface area contributed by atoms with Crippen LogP contribution in [0.25, 0.3) is 22.6 Å². The zero-order valence-electron chi connectivity index (χ0n) is 22.1. The maximum Gasteiger partial charge on any atom is 0.238 e. The number of hydrogen-bond acceptors (Lipinski definition) is 6. The van der Waals surface area contributed by atoms with Crippen LogP contribution in [0.2, 0.25) is 15.1 Å². The van der Waals surface area contributed by atoms with Crippen LogP contribution < -0.4 is 15.4 Å². The number of carbonyl (C=O) groups is 1. The summed E-state index contributed by atoms with van der Waals surface area (Å²) in [5, 5.41) is 11.6. The van der Waals surface area contributed by atoms with E-state index in [2.05, 4.69) is 5.32 Å². The fraction of sp³-hybridized carbons (Fsp3) is 0.379. The number of rotatable bonds is 6. The van der Waals surface area contributed by atoms with Gasteiger partial charge in [0.05, 0.1) is 27.5 Å². The summed E-state index contributed by atoms with van der Waals surface area (Å²) >= 11 is 19.1. The third-order valence-electron chi connectivity index (χ3n) is 8.96. The van der Waals surface area contributed by atoms with Gasteiger partial charge in [-0.15, -0.1) is 0 Å². The topological polar surface area (TPSA) is 117 Å². The molecule has 0 spiro atoms. The van der Waals surface area contributed by atoms with Gasteiger partial charge < -0.3 is 11.1 Å². The van der Waals surface area contributed by atoms with Crippen LogP contribution in [0.4, 0.5) is 5.69 Å². The Labute approximate surface area is 254 Å². The highest BCUT2D eigenvalue weighted by Crippen LogP contribution is 2.60. The molecule has 1 aromatic heterocycles. The van der Waals surface area contributed by atoms with E-state index in [0.717, 1.165) is 19.3 Å². The molecule has 5 aliphatic rings. The summed E-state index contributed by atoms with van der Waals surface area (Å²) < 4.78 is 26.0. The number of amides is 1. The molecule has 4 fully saturated rings. The molecule has 216 valence electrons. The second kappa shape index (κ2) is 9.82. The van der Waals surface area contributed by atoms with E-state index in [9.17, 15) is 13.9 Å². The Morgan fingerprint density at radius 1 is 1.00 bits per heavy atom. The quantitative estimate of drug-likeness (QED) is 0.226. The predicted molar refractivity (Wildman–Crippen MR) is 165 cm³/mol. The van der Waals surface area contributed by atoms with Gasteiger partial charge in [0, 0.05) is 21.1 Å². The lowest BCUT2D eigenvalue weighted by Crippen LogP contribution is -2.58. The number of benzene rings is 2. The number of aromatic nitrogens is 2. The lowest BCUT2D eigenvalue weighted by molar-refractivity contribution is -0.116. The molecule has 0 radical (unpaired) electrons. The van der Waals surface area contributed by atoms with Gasteiger partial charge >= 0.3 is 0 Å². The van der Waals surface area contributed by atoms with Crippen molar-refractivity contribution in [2.24, 2.45) is 23.5 Å². The number of primary amides is 1. The lowest BCUT2D eigenvalue weighted by Gasteiger charge is -2.57. The van der Waals surface area contributed by atoms with Crippen LogP contribution in [0, 0.1) is 17.8 Å². The van der Waals surface area contributed by atoms with Crippen molar-refractivity contribution in [3.05, 3.63) is 68.6 Å². The van der Waals surface area contributed by atoms with E-state index in [-0.39, 0.29) is 5.54 Å². The van der Waals surface area contributed by atoms with Crippen molar-refractivity contribution >= 4 is 62.9 Å². The van der Waals surface area contributed by atoms with E-state index < -0.39 is 23.2 Å². The van der Waals surface area contributed by atoms with E-state index in [1.165, 1.54) is 29.0 Å². The molecule has 4 aliphatic carbocycles. The van der Waals surface area contributed by atoms with Crippen LogP contribution in [0.1, 0.15) is 44.2 Å². The molecule has 3 aromatic rings. The molecule has 12 heteroatoms. The van der Waals surface area contributed by atoms with Gasteiger partial charge in [0.15, 0.2) is 0 Å². The molecule has 2 aromatic carbocycles. The number of anilines is 1. The zero-order valence-corrected chi connectivity index (χ0v) is 25.1. The average Bonchev–Trinajstić information content (AvgIpc) is 3.26. The highest BCUT2D eigenvalue weighted by atomic mass is 35.5. The van der Waals surface area contributed by atoms with Gasteiger partial charge in [0.25, 0.3) is 0 Å². The molecule has 0 unspecified atom stereocenters. The summed E-state index contributed by atoms with van der Waals surface area (Å²) in [6, 6.07) is 12.2. The second-order valence-corrected chi connectivity index (χ2v) is 15.1. The molecule has 1 amide bonds. The molecule has 5 N–H and O–H groups in total. The van der Waals surface area contributed by atoms with Crippen LogP contribution in [0.15, 0.2) is 47.9 Å². The van der Waals surface area contributed by atoms with Gasteiger partial charge in [0.1, 0.15) is 17.9 Å². The Morgan fingerprint density at radius 2 is 1.61 bits per heavy atom. The Bertz CT molecular complexity index is 1550. The monoisotopic (exact) mass is 633 g/mol. The largest absolute Gasteiger partial charge is 0.377 e. The third kappa shape index (κ3) is 4.80. The molecule has 4 saturated carbocycles. The minimum atomic E-state index is -3.61. The summed E-state index contributed by atoms with van der Waals surface area (Å²) in [5.74, 6) is 1.33. The molecule has 8 rings (SSSR count). The Hall–Kier alpha value is -2.40. The van der Waals surface area contributed by atoms with Gasteiger partial charge in [-0.1, -0.05) is 57.7 Å². The summed E-state index contributed by atoms with van der Waals surface area (Å²) in [6.07, 6.45) is 6.96. The smallest absolute Gasteiger partial charge is 0.238 e. The Kier molecular flexibility index (Phi) is 6.57. The number of nitrogens with one attached hydrogen (secondary N) is 1. The lowest BCUT2D eigenvalue weighted by atomic mass is 9.53. The average molecular weight is 635 g/mol. The van der Waals surface area contributed by atoms with Crippen molar-refractivity contribution in [3.63, 3.8) is 0 Å². The fourth-order valence-corrected chi connectivity index (χ4v) is 9.87. The molecule has 4 bridgehead atoms. The molecule has 0 saturated heterocycles. The second-order valence-electron chi connectivity index (χ2n) is 12.0. The van der Waals surface area contributed by atoms with Crippen molar-refractivity contribution in [2.45, 2.75) is 44.1 Å². The molecular formula is C29H30Cl3N5O3S. The van der Waals surface area contributed by atoms with Crippen molar-refractivity contribution in [1.29, 1.82) is 0 Å². The molecule has 0 atom stereocenters. The molecule has 2 heterocycles. The summed E-state index contributed by atoms with van der Waals surface area (Å²) in [4.78, 5) is 12.3. The van der Waals surface area contributed by atoms with E-state index in [4.69, 9.17) is 45.6 Å². The molecular weight excluding hydrogens is 605 g/mol. The highest BCUT2D eigenvalue weighted by molar-refractivity contribution is 8.28. The van der Waals surface area contributed by atoms with E-state index in [1.807, 2.05) is 12.1 Å². The maximum atomic E-state index is 12.3. The standard InChI is InChI=1S/C29H30Cl3N5O3S/c30-20-3-1-19(2-4-20)27-28-26(35-37(27)24-6-5-21(31)10-22(24)32)23(15-41(39,40)36(28)14-25(33)38)34-29-11-16-7-17(12-29)9-18(8-16)13-29/h1-6,10,15-18,34,39-40H,7-9,11-14H2,(H2,33,38). The number of nitrogens with zero attached hydrogens (tertiary/aromatic N) is 3. The van der Waals surface area contributed by atoms with Crippen molar-refractivity contribution in [2.75, 3.05) is 10.8 Å². The first-order chi connectivity index (χ1) is 19.5. The SMILES string of the molecule is NC(=O)CN1c2c(nn(-c3ccc(Cl)cc3Cl)c2-c2ccc(Cl)cc2)C(NC23CC4CC(CC(C4)C2)C3)=CS1(O)O. The molecule has 1 aliphatic heterocycles. The highest BCUT2D eigenvalue weighted by Gasteiger charge is 2.52. The first kappa shape index (κ1) is 27.4. The zero-order chi connectivity index (χ0) is 28.7. The van der Waals surface area contributed by atoms with Gasteiger partial charge in [-0.3, -0.25) is 18.2 Å². The molecule has 41 heavy (non-hydrogen) atoms. The predicted octanol–water partition coefficient (Wildman–Crippen LogP) is 7.33. The third-order valence-corrected chi connectivity index (χ3v) is 11.3. The Balaban J connectivity index is 1.45. The fourth-order valence-electron chi connectivity index (χ4n) is 7.89. The number of carbonyl (C=O) groups excluding carboxylic acids is 1. The Morgan fingerprint density at radius 3 is 2.20 bits per heavy atom. The molecule has 8 nitrogen and oxygen atoms in total. The van der Waals surface area contributed by atoms with Crippen LogP contribution in [0.3, 0.4) is 0 Å². The summed E-state index contributed by atoms with van der Waals surface area (Å²) in [5.41, 5.74) is 8.65. The van der Waals surface area contributed by atoms with Gasteiger partial charge in [-0.25, -0.2) is 4.68 Å². The van der Waals surface area contributed by atoms with E-state index in [1.54, 1.807) is 35.0 Å². The van der Waals surface area contributed by atoms with Crippen molar-refractivity contribution < 1.29 is 13.9 Å². The van der Waals surface area contributed by atoms with Gasteiger partial charge in [0.2, 0.25) is 5.91 Å². The van der Waals surface area contributed by atoms with Crippen LogP contribution in [-0.2, 0) is 4.79 Å². The van der Waals surface area contributed by atoms with Crippen LogP contribution in [0.5, 0.6) is 0 Å². The number of nitrogens with two attached hydrogens (primary N) is 1.